The van der Waals surface area contributed by atoms with Crippen molar-refractivity contribution in [2.75, 3.05) is 39.7 Å². The molecule has 5 heteroatoms. The van der Waals surface area contributed by atoms with Gasteiger partial charge in [-0.1, -0.05) is 0 Å². The lowest BCUT2D eigenvalue weighted by Crippen LogP contribution is -2.35. The molecular weight excluding hydrogens is 274 g/mol. The maximum absolute atomic E-state index is 12.3. The molecule has 4 nitrogen and oxygen atoms in total. The summed E-state index contributed by atoms with van der Waals surface area (Å²) in [5, 5.41) is 0.995. The largest absolute Gasteiger partial charge is 0.497 e. The Hall–Kier alpha value is -1.46. The highest BCUT2D eigenvalue weighted by atomic mass is 32.2. The average Bonchev–Trinajstić information content (AvgIpc) is 2.53. The predicted octanol–water partition coefficient (Wildman–Crippen LogP) is 2.41. The number of carbonyl (C=O) groups is 1. The van der Waals surface area contributed by atoms with E-state index in [-0.39, 0.29) is 5.78 Å². The molecule has 0 atom stereocenters. The summed E-state index contributed by atoms with van der Waals surface area (Å²) < 4.78 is 10.4. The van der Waals surface area contributed by atoms with E-state index in [0.29, 0.717) is 18.8 Å². The number of rotatable bonds is 5. The normalized spacial score (nSPS) is 16.1. The molecule has 1 aromatic carbocycles. The summed E-state index contributed by atoms with van der Waals surface area (Å²) in [6.07, 6.45) is 3.69. The van der Waals surface area contributed by atoms with Crippen molar-refractivity contribution in [2.45, 2.75) is 0 Å². The van der Waals surface area contributed by atoms with Crippen LogP contribution in [-0.2, 0) is 4.74 Å². The molecule has 0 saturated carbocycles. The number of hydrogen-bond donors (Lipinski definition) is 0. The third-order valence-electron chi connectivity index (χ3n) is 3.16. The Morgan fingerprint density at radius 2 is 1.95 bits per heavy atom. The first-order valence-corrected chi connectivity index (χ1v) is 7.74. The number of nitrogens with zero attached hydrogens (tertiary/aromatic N) is 1. The number of benzene rings is 1. The van der Waals surface area contributed by atoms with Crippen LogP contribution in [-0.4, -0.2) is 50.4 Å². The van der Waals surface area contributed by atoms with Crippen LogP contribution in [0.2, 0.25) is 0 Å². The van der Waals surface area contributed by atoms with Crippen molar-refractivity contribution in [3.8, 4) is 5.75 Å². The fourth-order valence-corrected chi connectivity index (χ4v) is 2.68. The van der Waals surface area contributed by atoms with Crippen molar-refractivity contribution in [3.05, 3.63) is 40.9 Å². The first-order chi connectivity index (χ1) is 9.74. The zero-order valence-corrected chi connectivity index (χ0v) is 12.6. The first kappa shape index (κ1) is 14.9. The van der Waals surface area contributed by atoms with E-state index in [1.807, 2.05) is 6.26 Å². The van der Waals surface area contributed by atoms with Crippen LogP contribution < -0.4 is 4.74 Å². The molecule has 0 aliphatic carbocycles. The Labute approximate surface area is 123 Å². The van der Waals surface area contributed by atoms with Gasteiger partial charge in [0.25, 0.3) is 0 Å². The summed E-state index contributed by atoms with van der Waals surface area (Å²) in [6, 6.07) is 7.17. The first-order valence-electron chi connectivity index (χ1n) is 6.51. The lowest BCUT2D eigenvalue weighted by atomic mass is 10.1. The highest BCUT2D eigenvalue weighted by molar-refractivity contribution is 8.02. The summed E-state index contributed by atoms with van der Waals surface area (Å²) in [4.78, 5) is 14.5. The van der Waals surface area contributed by atoms with E-state index in [9.17, 15) is 4.79 Å². The highest BCUT2D eigenvalue weighted by Crippen LogP contribution is 2.20. The number of ketones is 1. The van der Waals surface area contributed by atoms with Gasteiger partial charge in [-0.25, -0.2) is 0 Å². The highest BCUT2D eigenvalue weighted by Gasteiger charge is 2.14. The predicted molar refractivity (Wildman–Crippen MR) is 81.3 cm³/mol. The van der Waals surface area contributed by atoms with Crippen LogP contribution in [0, 0.1) is 0 Å². The summed E-state index contributed by atoms with van der Waals surface area (Å²) in [5.41, 5.74) is 0.672. The van der Waals surface area contributed by atoms with Crippen molar-refractivity contribution >= 4 is 17.5 Å². The van der Waals surface area contributed by atoms with E-state index in [4.69, 9.17) is 9.47 Å². The third-order valence-corrected chi connectivity index (χ3v) is 3.96. The molecule has 1 saturated heterocycles. The molecular formula is C15H19NO3S. The summed E-state index contributed by atoms with van der Waals surface area (Å²) in [6.45, 7) is 3.11. The molecule has 1 aliphatic heterocycles. The molecule has 2 rings (SSSR count). The van der Waals surface area contributed by atoms with Crippen LogP contribution in [0.3, 0.4) is 0 Å². The smallest absolute Gasteiger partial charge is 0.188 e. The quantitative estimate of drug-likeness (QED) is 0.616. The van der Waals surface area contributed by atoms with Gasteiger partial charge in [-0.3, -0.25) is 4.79 Å². The third kappa shape index (κ3) is 3.77. The second kappa shape index (κ2) is 7.36. The number of methoxy groups -OCH3 is 1. The van der Waals surface area contributed by atoms with Gasteiger partial charge in [0.2, 0.25) is 0 Å². The molecule has 0 aromatic heterocycles. The molecule has 0 radical (unpaired) electrons. The monoisotopic (exact) mass is 293 g/mol. The summed E-state index contributed by atoms with van der Waals surface area (Å²) >= 11 is 1.59. The van der Waals surface area contributed by atoms with Gasteiger partial charge in [0.05, 0.1) is 25.4 Å². The van der Waals surface area contributed by atoms with Gasteiger partial charge in [-0.15, -0.1) is 11.8 Å². The Morgan fingerprint density at radius 1 is 1.30 bits per heavy atom. The number of carbonyl (C=O) groups excluding carboxylic acids is 1. The number of morpholine rings is 1. The van der Waals surface area contributed by atoms with Crippen molar-refractivity contribution in [1.82, 2.24) is 4.90 Å². The van der Waals surface area contributed by atoms with Gasteiger partial charge in [0.15, 0.2) is 5.78 Å². The number of thioether (sulfide) groups is 1. The minimum atomic E-state index is 0.0171. The maximum atomic E-state index is 12.3. The fourth-order valence-electron chi connectivity index (χ4n) is 2.01. The zero-order valence-electron chi connectivity index (χ0n) is 11.8. The molecule has 1 heterocycles. The van der Waals surface area contributed by atoms with E-state index >= 15 is 0 Å². The molecule has 1 aromatic rings. The molecule has 1 fully saturated rings. The van der Waals surface area contributed by atoms with Gasteiger partial charge in [0.1, 0.15) is 5.75 Å². The van der Waals surface area contributed by atoms with Crippen LogP contribution in [0.25, 0.3) is 0 Å². The Morgan fingerprint density at radius 3 is 2.50 bits per heavy atom. The Kier molecular flexibility index (Phi) is 5.49. The maximum Gasteiger partial charge on any atom is 0.188 e. The van der Waals surface area contributed by atoms with E-state index in [0.717, 1.165) is 23.9 Å². The molecule has 108 valence electrons. The van der Waals surface area contributed by atoms with E-state index < -0.39 is 0 Å². The lowest BCUT2D eigenvalue weighted by Gasteiger charge is -2.29. The topological polar surface area (TPSA) is 38.8 Å². The minimum absolute atomic E-state index is 0.0171. The SMILES string of the molecule is COc1ccc(C(=O)/C=C(\SC)N2CCOCC2)cc1. The van der Waals surface area contributed by atoms with E-state index in [1.165, 1.54) is 0 Å². The van der Waals surface area contributed by atoms with Gasteiger partial charge < -0.3 is 14.4 Å². The van der Waals surface area contributed by atoms with Crippen LogP contribution in [0.15, 0.2) is 35.4 Å². The molecule has 0 amide bonds. The van der Waals surface area contributed by atoms with Crippen LogP contribution in [0.1, 0.15) is 10.4 Å². The van der Waals surface area contributed by atoms with Gasteiger partial charge in [-0.05, 0) is 30.5 Å². The van der Waals surface area contributed by atoms with Crippen LogP contribution in [0.4, 0.5) is 0 Å². The van der Waals surface area contributed by atoms with Gasteiger partial charge in [0, 0.05) is 24.7 Å². The van der Waals surface area contributed by atoms with Crippen molar-refractivity contribution in [1.29, 1.82) is 0 Å². The molecule has 20 heavy (non-hydrogen) atoms. The minimum Gasteiger partial charge on any atom is -0.497 e. The van der Waals surface area contributed by atoms with Crippen LogP contribution in [0.5, 0.6) is 5.75 Å². The lowest BCUT2D eigenvalue weighted by molar-refractivity contribution is 0.0574. The molecule has 0 bridgehead atoms. The van der Waals surface area contributed by atoms with Crippen molar-refractivity contribution in [3.63, 3.8) is 0 Å². The summed E-state index contributed by atoms with van der Waals surface area (Å²) in [5.74, 6) is 0.771. The van der Waals surface area contributed by atoms with Crippen molar-refractivity contribution < 1.29 is 14.3 Å². The molecule has 0 N–H and O–H groups in total. The second-order valence-corrected chi connectivity index (χ2v) is 5.21. The average molecular weight is 293 g/mol. The molecule has 0 spiro atoms. The Balaban J connectivity index is 2.11. The fraction of sp³-hybridized carbons (Fsp3) is 0.400. The molecule has 0 unspecified atom stereocenters. The van der Waals surface area contributed by atoms with E-state index in [1.54, 1.807) is 49.2 Å². The summed E-state index contributed by atoms with van der Waals surface area (Å²) in [7, 11) is 1.61. The standard InChI is InChI=1S/C15H19NO3S/c1-18-13-5-3-12(4-6-13)14(17)11-15(20-2)16-7-9-19-10-8-16/h3-6,11H,7-10H2,1-2H3/b15-11-. The number of ether oxygens (including phenoxy) is 2. The van der Waals surface area contributed by atoms with Gasteiger partial charge >= 0.3 is 0 Å². The zero-order chi connectivity index (χ0) is 14.4. The van der Waals surface area contributed by atoms with Crippen molar-refractivity contribution in [2.24, 2.45) is 0 Å². The number of allylic oxidation sites excluding steroid dienone is 1. The van der Waals surface area contributed by atoms with Crippen LogP contribution >= 0.6 is 11.8 Å². The van der Waals surface area contributed by atoms with Gasteiger partial charge in [-0.2, -0.15) is 0 Å². The Bertz CT molecular complexity index is 478. The molecule has 1 aliphatic rings. The second-order valence-electron chi connectivity index (χ2n) is 4.38. The van der Waals surface area contributed by atoms with E-state index in [2.05, 4.69) is 4.90 Å². The number of hydrogen-bond acceptors (Lipinski definition) is 5.